The fourth-order valence-corrected chi connectivity index (χ4v) is 7.88. The van der Waals surface area contributed by atoms with Crippen LogP contribution in [0.3, 0.4) is 0 Å². The summed E-state index contributed by atoms with van der Waals surface area (Å²) in [5, 5.41) is 9.61. The summed E-state index contributed by atoms with van der Waals surface area (Å²) in [7, 11) is 0. The molecule has 0 amide bonds. The predicted molar refractivity (Wildman–Crippen MR) is 279 cm³/mol. The molecular weight excluding hydrogens is 789 g/mol. The zero-order valence-electron chi connectivity index (χ0n) is 42.3. The zero-order chi connectivity index (χ0) is 46.3. The number of aliphatic hydroxyl groups excluding tert-OH is 1. The van der Waals surface area contributed by atoms with Gasteiger partial charge in [-0.1, -0.05) is 254 Å². The summed E-state index contributed by atoms with van der Waals surface area (Å²) in [6.07, 6.45) is 74.7. The maximum absolute atomic E-state index is 12.2. The van der Waals surface area contributed by atoms with Gasteiger partial charge in [0, 0.05) is 12.8 Å². The van der Waals surface area contributed by atoms with Crippen LogP contribution in [0.25, 0.3) is 0 Å². The highest BCUT2D eigenvalue weighted by Gasteiger charge is 2.16. The van der Waals surface area contributed by atoms with E-state index in [1.165, 1.54) is 180 Å². The molecule has 0 aromatic heterocycles. The first-order valence-electron chi connectivity index (χ1n) is 27.5. The molecule has 0 fully saturated rings. The summed E-state index contributed by atoms with van der Waals surface area (Å²) in [5.41, 5.74) is 0. The van der Waals surface area contributed by atoms with E-state index in [9.17, 15) is 14.7 Å². The van der Waals surface area contributed by atoms with E-state index >= 15 is 0 Å². The monoisotopic (exact) mass is 893 g/mol. The van der Waals surface area contributed by atoms with Crippen molar-refractivity contribution in [2.45, 2.75) is 277 Å². The van der Waals surface area contributed by atoms with Crippen LogP contribution in [0.1, 0.15) is 271 Å². The number of allylic oxidation sites excluding steroid dienone is 12. The van der Waals surface area contributed by atoms with E-state index in [0.29, 0.717) is 12.8 Å². The average Bonchev–Trinajstić information content (AvgIpc) is 3.30. The van der Waals surface area contributed by atoms with Crippen molar-refractivity contribution in [1.29, 1.82) is 0 Å². The van der Waals surface area contributed by atoms with Gasteiger partial charge in [0.15, 0.2) is 6.10 Å². The van der Waals surface area contributed by atoms with Crippen molar-refractivity contribution in [3.05, 3.63) is 72.9 Å². The van der Waals surface area contributed by atoms with Crippen LogP contribution < -0.4 is 0 Å². The molecule has 370 valence electrons. The van der Waals surface area contributed by atoms with E-state index < -0.39 is 6.10 Å². The fraction of sp³-hybridized carbons (Fsp3) is 0.763. The van der Waals surface area contributed by atoms with E-state index in [-0.39, 0.29) is 31.6 Å². The maximum Gasteiger partial charge on any atom is 0.306 e. The molecule has 0 aliphatic rings. The van der Waals surface area contributed by atoms with Crippen LogP contribution in [0.2, 0.25) is 0 Å². The summed E-state index contributed by atoms with van der Waals surface area (Å²) in [6.45, 7) is 4.00. The van der Waals surface area contributed by atoms with E-state index in [1.807, 2.05) is 0 Å². The second kappa shape index (κ2) is 54.7. The molecule has 64 heavy (non-hydrogen) atoms. The molecular formula is C59H104O5. The minimum absolute atomic E-state index is 0.0891. The molecule has 5 nitrogen and oxygen atoms in total. The van der Waals surface area contributed by atoms with Gasteiger partial charge >= 0.3 is 11.9 Å². The van der Waals surface area contributed by atoms with Gasteiger partial charge in [-0.25, -0.2) is 0 Å². The van der Waals surface area contributed by atoms with E-state index in [4.69, 9.17) is 9.47 Å². The molecule has 1 atom stereocenters. The van der Waals surface area contributed by atoms with Crippen molar-refractivity contribution in [2.75, 3.05) is 13.2 Å². The highest BCUT2D eigenvalue weighted by Crippen LogP contribution is 2.16. The van der Waals surface area contributed by atoms with Crippen LogP contribution in [0.4, 0.5) is 0 Å². The summed E-state index contributed by atoms with van der Waals surface area (Å²) in [6, 6.07) is 0. The zero-order valence-corrected chi connectivity index (χ0v) is 42.3. The van der Waals surface area contributed by atoms with Gasteiger partial charge in [-0.15, -0.1) is 0 Å². The number of ether oxygens (including phenoxy) is 2. The smallest absolute Gasteiger partial charge is 0.306 e. The summed E-state index contributed by atoms with van der Waals surface area (Å²) < 4.78 is 10.6. The Morgan fingerprint density at radius 2 is 0.688 bits per heavy atom. The number of esters is 2. The molecule has 0 rings (SSSR count). The number of hydrogen-bond donors (Lipinski definition) is 1. The first kappa shape index (κ1) is 61.3. The summed E-state index contributed by atoms with van der Waals surface area (Å²) >= 11 is 0. The minimum Gasteiger partial charge on any atom is -0.462 e. The van der Waals surface area contributed by atoms with Gasteiger partial charge in [-0.2, -0.15) is 0 Å². The molecule has 0 radical (unpaired) electrons. The standard InChI is InChI=1S/C59H104O5/c1-3-5-7-9-11-13-15-17-19-21-22-23-24-25-26-27-28-29-30-31-32-33-34-35-36-38-39-41-43-45-47-49-51-53-58(61)63-56-57(55-60)64-59(62)54-52-50-48-46-44-42-40-37-20-18-16-14-12-10-8-6-4-2/h6,8,12,14,18,20-22,40,42,46,48,57,60H,3-5,7,9-11,13,15-17,19,23-39,41,43-45,47,49-56H2,1-2H3/b8-6-,14-12-,20-18-,22-21-,42-40-,48-46-. The highest BCUT2D eigenvalue weighted by atomic mass is 16.6. The lowest BCUT2D eigenvalue weighted by Gasteiger charge is -2.15. The average molecular weight is 893 g/mol. The molecule has 5 heteroatoms. The third-order valence-corrected chi connectivity index (χ3v) is 12.0. The molecule has 0 aromatic rings. The third kappa shape index (κ3) is 52.0. The Kier molecular flexibility index (Phi) is 52.4. The van der Waals surface area contributed by atoms with Crippen LogP contribution in [0, 0.1) is 0 Å². The van der Waals surface area contributed by atoms with Crippen LogP contribution in [-0.4, -0.2) is 36.4 Å². The van der Waals surface area contributed by atoms with Gasteiger partial charge in [0.1, 0.15) is 6.61 Å². The second-order valence-corrected chi connectivity index (χ2v) is 18.3. The Morgan fingerprint density at radius 3 is 1.08 bits per heavy atom. The molecule has 0 aliphatic heterocycles. The van der Waals surface area contributed by atoms with Crippen molar-refractivity contribution >= 4 is 11.9 Å². The maximum atomic E-state index is 12.2. The first-order chi connectivity index (χ1) is 31.6. The Labute approximate surface area is 397 Å². The Bertz CT molecular complexity index is 1150. The van der Waals surface area contributed by atoms with Crippen LogP contribution >= 0.6 is 0 Å². The Balaban J connectivity index is 3.47. The third-order valence-electron chi connectivity index (χ3n) is 12.0. The molecule has 0 spiro atoms. The van der Waals surface area contributed by atoms with Crippen LogP contribution in [0.5, 0.6) is 0 Å². The fourth-order valence-electron chi connectivity index (χ4n) is 7.88. The van der Waals surface area contributed by atoms with Crippen molar-refractivity contribution in [3.8, 4) is 0 Å². The Hall–Kier alpha value is -2.66. The number of carbonyl (C=O) groups is 2. The molecule has 0 aliphatic carbocycles. The predicted octanol–water partition coefficient (Wildman–Crippen LogP) is 18.4. The van der Waals surface area contributed by atoms with E-state index in [1.54, 1.807) is 0 Å². The number of unbranched alkanes of at least 4 members (excludes halogenated alkanes) is 30. The summed E-state index contributed by atoms with van der Waals surface area (Å²) in [5.74, 6) is -0.653. The second-order valence-electron chi connectivity index (χ2n) is 18.3. The van der Waals surface area contributed by atoms with Gasteiger partial charge in [0.25, 0.3) is 0 Å². The lowest BCUT2D eigenvalue weighted by atomic mass is 10.0. The molecule has 1 unspecified atom stereocenters. The molecule has 0 heterocycles. The number of rotatable bonds is 50. The van der Waals surface area contributed by atoms with Crippen molar-refractivity contribution < 1.29 is 24.2 Å². The topological polar surface area (TPSA) is 72.8 Å². The molecule has 0 saturated carbocycles. The van der Waals surface area contributed by atoms with Crippen molar-refractivity contribution in [3.63, 3.8) is 0 Å². The first-order valence-corrected chi connectivity index (χ1v) is 27.5. The molecule has 0 aromatic carbocycles. The van der Waals surface area contributed by atoms with Crippen molar-refractivity contribution in [1.82, 2.24) is 0 Å². The van der Waals surface area contributed by atoms with Crippen LogP contribution in [-0.2, 0) is 19.1 Å². The lowest BCUT2D eigenvalue weighted by Crippen LogP contribution is -2.28. The largest absolute Gasteiger partial charge is 0.462 e. The van der Waals surface area contributed by atoms with Gasteiger partial charge in [0.05, 0.1) is 6.61 Å². The molecule has 0 saturated heterocycles. The molecule has 0 bridgehead atoms. The van der Waals surface area contributed by atoms with E-state index in [0.717, 1.165) is 57.8 Å². The van der Waals surface area contributed by atoms with Crippen LogP contribution in [0.15, 0.2) is 72.9 Å². The normalized spacial score (nSPS) is 12.7. The Morgan fingerprint density at radius 1 is 0.375 bits per heavy atom. The quantitative estimate of drug-likeness (QED) is 0.0374. The van der Waals surface area contributed by atoms with Gasteiger partial charge in [-0.3, -0.25) is 9.59 Å². The molecule has 1 N–H and O–H groups in total. The summed E-state index contributed by atoms with van der Waals surface area (Å²) in [4.78, 5) is 24.4. The van der Waals surface area contributed by atoms with Gasteiger partial charge in [0.2, 0.25) is 0 Å². The van der Waals surface area contributed by atoms with Gasteiger partial charge in [-0.05, 0) is 77.0 Å². The SMILES string of the molecule is CC/C=C\C/C=C\C/C=C\C/C=C\C/C=C\CCCC(=O)OC(CO)COC(=O)CCCCCCCCCCCCCCCCCCCCCCC/C=C\CCCCCCCCCC. The van der Waals surface area contributed by atoms with Gasteiger partial charge < -0.3 is 14.6 Å². The van der Waals surface area contributed by atoms with E-state index in [2.05, 4.69) is 86.8 Å². The lowest BCUT2D eigenvalue weighted by molar-refractivity contribution is -0.161. The minimum atomic E-state index is -0.804. The number of hydrogen-bond acceptors (Lipinski definition) is 5. The number of aliphatic hydroxyl groups is 1. The number of carbonyl (C=O) groups excluding carboxylic acids is 2. The van der Waals surface area contributed by atoms with Crippen molar-refractivity contribution in [2.24, 2.45) is 0 Å². The highest BCUT2D eigenvalue weighted by molar-refractivity contribution is 5.70.